The van der Waals surface area contributed by atoms with Crippen molar-refractivity contribution in [3.05, 3.63) is 29.3 Å². The van der Waals surface area contributed by atoms with Crippen LogP contribution in [0.1, 0.15) is 19.3 Å². The third-order valence-electron chi connectivity index (χ3n) is 3.28. The summed E-state index contributed by atoms with van der Waals surface area (Å²) >= 11 is 5.86. The Labute approximate surface area is 118 Å². The van der Waals surface area contributed by atoms with Crippen molar-refractivity contribution in [2.45, 2.75) is 25.3 Å². The molecule has 1 heterocycles. The van der Waals surface area contributed by atoms with Gasteiger partial charge in [-0.15, -0.1) is 0 Å². The SMILES string of the molecule is N[C@@H]1CCCN(C(=O)COc2cccc(Cl)c2)CC1. The van der Waals surface area contributed by atoms with E-state index in [0.29, 0.717) is 10.8 Å². The Bertz CT molecular complexity index is 439. The Morgan fingerprint density at radius 1 is 1.42 bits per heavy atom. The number of ether oxygens (including phenoxy) is 1. The van der Waals surface area contributed by atoms with Gasteiger partial charge in [-0.25, -0.2) is 0 Å². The summed E-state index contributed by atoms with van der Waals surface area (Å²) in [6.07, 6.45) is 2.81. The molecule has 1 aliphatic rings. The molecule has 2 rings (SSSR count). The lowest BCUT2D eigenvalue weighted by Gasteiger charge is -2.20. The quantitative estimate of drug-likeness (QED) is 0.923. The van der Waals surface area contributed by atoms with Gasteiger partial charge < -0.3 is 15.4 Å². The van der Waals surface area contributed by atoms with Gasteiger partial charge in [0.1, 0.15) is 5.75 Å². The van der Waals surface area contributed by atoms with Crippen molar-refractivity contribution < 1.29 is 9.53 Å². The predicted octanol–water partition coefficient (Wildman–Crippen LogP) is 2.06. The minimum atomic E-state index is 0.00840. The number of hydrogen-bond donors (Lipinski definition) is 1. The fraction of sp³-hybridized carbons (Fsp3) is 0.500. The van der Waals surface area contributed by atoms with Crippen LogP contribution in [0.2, 0.25) is 5.02 Å². The lowest BCUT2D eigenvalue weighted by atomic mass is 10.1. The molecule has 19 heavy (non-hydrogen) atoms. The maximum absolute atomic E-state index is 12.0. The Morgan fingerprint density at radius 2 is 2.26 bits per heavy atom. The number of carbonyl (C=O) groups is 1. The van der Waals surface area contributed by atoms with Crippen molar-refractivity contribution in [3.8, 4) is 5.75 Å². The van der Waals surface area contributed by atoms with E-state index >= 15 is 0 Å². The molecule has 0 aliphatic carbocycles. The zero-order valence-electron chi connectivity index (χ0n) is 10.8. The third-order valence-corrected chi connectivity index (χ3v) is 3.52. The van der Waals surface area contributed by atoms with Crippen molar-refractivity contribution >= 4 is 17.5 Å². The molecule has 0 aromatic heterocycles. The van der Waals surface area contributed by atoms with Crippen molar-refractivity contribution in [2.24, 2.45) is 5.73 Å². The fourth-order valence-corrected chi connectivity index (χ4v) is 2.34. The number of amides is 1. The van der Waals surface area contributed by atoms with Crippen molar-refractivity contribution in [1.29, 1.82) is 0 Å². The zero-order valence-corrected chi connectivity index (χ0v) is 11.6. The van der Waals surface area contributed by atoms with Crippen LogP contribution < -0.4 is 10.5 Å². The number of benzene rings is 1. The number of carbonyl (C=O) groups excluding carboxylic acids is 1. The minimum absolute atomic E-state index is 0.00840. The van der Waals surface area contributed by atoms with Gasteiger partial charge in [0.25, 0.3) is 5.91 Å². The Hall–Kier alpha value is -1.26. The molecule has 1 aromatic rings. The Balaban J connectivity index is 1.83. The number of halogens is 1. The fourth-order valence-electron chi connectivity index (χ4n) is 2.16. The van der Waals surface area contributed by atoms with Crippen LogP contribution in [0.15, 0.2) is 24.3 Å². The number of hydrogen-bond acceptors (Lipinski definition) is 3. The van der Waals surface area contributed by atoms with Crippen molar-refractivity contribution in [1.82, 2.24) is 4.90 Å². The first kappa shape index (κ1) is 14.2. The van der Waals surface area contributed by atoms with Gasteiger partial charge >= 0.3 is 0 Å². The van der Waals surface area contributed by atoms with E-state index in [2.05, 4.69) is 0 Å². The maximum Gasteiger partial charge on any atom is 0.260 e. The normalized spacial score (nSPS) is 19.9. The van der Waals surface area contributed by atoms with Gasteiger partial charge in [0.05, 0.1) is 0 Å². The number of rotatable bonds is 3. The molecule has 0 saturated carbocycles. The summed E-state index contributed by atoms with van der Waals surface area (Å²) < 4.78 is 5.46. The first-order chi connectivity index (χ1) is 9.15. The molecule has 5 heteroatoms. The third kappa shape index (κ3) is 4.40. The van der Waals surface area contributed by atoms with Gasteiger partial charge in [-0.05, 0) is 37.5 Å². The summed E-state index contributed by atoms with van der Waals surface area (Å²) in [7, 11) is 0. The monoisotopic (exact) mass is 282 g/mol. The highest BCUT2D eigenvalue weighted by molar-refractivity contribution is 6.30. The number of likely N-dealkylation sites (tertiary alicyclic amines) is 1. The maximum atomic E-state index is 12.0. The molecule has 104 valence electrons. The second kappa shape index (κ2) is 6.78. The second-order valence-corrected chi connectivity index (χ2v) is 5.25. The topological polar surface area (TPSA) is 55.6 Å². The lowest BCUT2D eigenvalue weighted by molar-refractivity contribution is -0.133. The van der Waals surface area contributed by atoms with E-state index in [9.17, 15) is 4.79 Å². The second-order valence-electron chi connectivity index (χ2n) is 4.82. The highest BCUT2D eigenvalue weighted by Gasteiger charge is 2.18. The molecule has 1 aliphatic heterocycles. The predicted molar refractivity (Wildman–Crippen MR) is 75.4 cm³/mol. The molecule has 1 amide bonds. The van der Waals surface area contributed by atoms with Crippen LogP contribution in [0.5, 0.6) is 5.75 Å². The molecular formula is C14H19ClN2O2. The first-order valence-electron chi connectivity index (χ1n) is 6.57. The van der Waals surface area contributed by atoms with E-state index in [0.717, 1.165) is 32.4 Å². The molecule has 1 atom stereocenters. The van der Waals surface area contributed by atoms with Gasteiger partial charge in [0.2, 0.25) is 0 Å². The molecule has 0 unspecified atom stereocenters. The smallest absolute Gasteiger partial charge is 0.260 e. The van der Waals surface area contributed by atoms with Gasteiger partial charge in [-0.2, -0.15) is 0 Å². The van der Waals surface area contributed by atoms with E-state index < -0.39 is 0 Å². The lowest BCUT2D eigenvalue weighted by Crippen LogP contribution is -2.36. The van der Waals surface area contributed by atoms with Gasteiger partial charge in [0, 0.05) is 24.2 Å². The van der Waals surface area contributed by atoms with Crippen LogP contribution in [-0.2, 0) is 4.79 Å². The molecule has 0 spiro atoms. The van der Waals surface area contributed by atoms with Crippen LogP contribution in [0.4, 0.5) is 0 Å². The molecule has 4 nitrogen and oxygen atoms in total. The summed E-state index contributed by atoms with van der Waals surface area (Å²) in [5.74, 6) is 0.626. The highest BCUT2D eigenvalue weighted by Crippen LogP contribution is 2.17. The molecule has 0 radical (unpaired) electrons. The van der Waals surface area contributed by atoms with Crippen molar-refractivity contribution in [3.63, 3.8) is 0 Å². The first-order valence-corrected chi connectivity index (χ1v) is 6.94. The largest absolute Gasteiger partial charge is 0.484 e. The standard InChI is InChI=1S/C14H19ClN2O2/c15-11-3-1-5-13(9-11)19-10-14(18)17-7-2-4-12(16)6-8-17/h1,3,5,9,12H,2,4,6-8,10,16H2/t12-/m1/s1. The number of nitrogens with zero attached hydrogens (tertiary/aromatic N) is 1. The number of nitrogens with two attached hydrogens (primary N) is 1. The van der Waals surface area contributed by atoms with E-state index in [1.165, 1.54) is 0 Å². The molecule has 2 N–H and O–H groups in total. The van der Waals surface area contributed by atoms with Crippen molar-refractivity contribution in [2.75, 3.05) is 19.7 Å². The van der Waals surface area contributed by atoms with E-state index in [4.69, 9.17) is 22.1 Å². The Kier molecular flexibility index (Phi) is 5.05. The van der Waals surface area contributed by atoms with Gasteiger partial charge in [-0.3, -0.25) is 4.79 Å². The summed E-state index contributed by atoms with van der Waals surface area (Å²) in [4.78, 5) is 13.9. The summed E-state index contributed by atoms with van der Waals surface area (Å²) in [6, 6.07) is 7.27. The summed E-state index contributed by atoms with van der Waals surface area (Å²) in [5, 5.41) is 0.602. The van der Waals surface area contributed by atoms with Crippen LogP contribution in [0, 0.1) is 0 Å². The van der Waals surface area contributed by atoms with Gasteiger partial charge in [0.15, 0.2) is 6.61 Å². The summed E-state index contributed by atoms with van der Waals surface area (Å²) in [6.45, 7) is 1.54. The van der Waals surface area contributed by atoms with Crippen LogP contribution in [0.25, 0.3) is 0 Å². The average molecular weight is 283 g/mol. The van der Waals surface area contributed by atoms with E-state index in [-0.39, 0.29) is 18.6 Å². The summed E-state index contributed by atoms with van der Waals surface area (Å²) in [5.41, 5.74) is 5.89. The zero-order chi connectivity index (χ0) is 13.7. The minimum Gasteiger partial charge on any atom is -0.484 e. The molecular weight excluding hydrogens is 264 g/mol. The van der Waals surface area contributed by atoms with Gasteiger partial charge in [-0.1, -0.05) is 17.7 Å². The van der Waals surface area contributed by atoms with Crippen LogP contribution in [0.3, 0.4) is 0 Å². The van der Waals surface area contributed by atoms with E-state index in [1.54, 1.807) is 24.3 Å². The van der Waals surface area contributed by atoms with E-state index in [1.807, 2.05) is 4.90 Å². The molecule has 1 aromatic carbocycles. The molecule has 1 saturated heterocycles. The molecule has 0 bridgehead atoms. The van der Waals surface area contributed by atoms with Crippen LogP contribution in [-0.4, -0.2) is 36.5 Å². The highest BCUT2D eigenvalue weighted by atomic mass is 35.5. The Morgan fingerprint density at radius 3 is 3.05 bits per heavy atom. The van der Waals surface area contributed by atoms with Crippen LogP contribution >= 0.6 is 11.6 Å². The molecule has 1 fully saturated rings. The average Bonchev–Trinajstić information content (AvgIpc) is 2.61.